The van der Waals surface area contributed by atoms with Crippen molar-refractivity contribution < 1.29 is 4.79 Å². The molecule has 2 nitrogen and oxygen atoms in total. The first kappa shape index (κ1) is 8.31. The zero-order valence-electron chi connectivity index (χ0n) is 7.42. The number of nitrogens with zero attached hydrogens (tertiary/aromatic N) is 1. The number of hydrogen-bond acceptors (Lipinski definition) is 2. The molecule has 0 heterocycles. The summed E-state index contributed by atoms with van der Waals surface area (Å²) in [6, 6.07) is 0. The van der Waals surface area contributed by atoms with Crippen LogP contribution in [0.2, 0.25) is 0 Å². The van der Waals surface area contributed by atoms with Crippen molar-refractivity contribution >= 4 is 5.78 Å². The van der Waals surface area contributed by atoms with E-state index in [1.807, 2.05) is 32.1 Å². The molecule has 0 spiro atoms. The van der Waals surface area contributed by atoms with E-state index in [0.717, 1.165) is 12.8 Å². The molecule has 0 saturated heterocycles. The Hall–Kier alpha value is -0.790. The molecule has 1 rings (SSSR count). The summed E-state index contributed by atoms with van der Waals surface area (Å²) in [4.78, 5) is 13.2. The molecule has 1 saturated carbocycles. The van der Waals surface area contributed by atoms with Crippen LogP contribution in [0.15, 0.2) is 12.3 Å². The number of carbonyl (C=O) groups is 1. The lowest BCUT2D eigenvalue weighted by Gasteiger charge is -2.05. The van der Waals surface area contributed by atoms with Crippen molar-refractivity contribution in [1.82, 2.24) is 4.90 Å². The molecule has 0 aliphatic heterocycles. The highest BCUT2D eigenvalue weighted by molar-refractivity contribution is 5.96. The maximum Gasteiger partial charge on any atom is 0.162 e. The van der Waals surface area contributed by atoms with Crippen LogP contribution in [0.25, 0.3) is 0 Å². The van der Waals surface area contributed by atoms with Crippen LogP contribution in [0.3, 0.4) is 0 Å². The minimum absolute atomic E-state index is 0.00743. The van der Waals surface area contributed by atoms with E-state index in [-0.39, 0.29) is 11.2 Å². The second-order valence-electron chi connectivity index (χ2n) is 3.70. The smallest absolute Gasteiger partial charge is 0.162 e. The van der Waals surface area contributed by atoms with E-state index >= 15 is 0 Å². The Morgan fingerprint density at radius 2 is 2.00 bits per heavy atom. The van der Waals surface area contributed by atoms with Crippen LogP contribution in [-0.4, -0.2) is 24.8 Å². The lowest BCUT2D eigenvalue weighted by molar-refractivity contribution is -0.118. The first-order valence-electron chi connectivity index (χ1n) is 3.94. The van der Waals surface area contributed by atoms with Gasteiger partial charge in [0.1, 0.15) is 0 Å². The molecule has 0 unspecified atom stereocenters. The minimum atomic E-state index is -0.00743. The van der Waals surface area contributed by atoms with Crippen molar-refractivity contribution in [3.63, 3.8) is 0 Å². The van der Waals surface area contributed by atoms with E-state index < -0.39 is 0 Å². The van der Waals surface area contributed by atoms with Gasteiger partial charge in [-0.1, -0.05) is 6.92 Å². The van der Waals surface area contributed by atoms with Crippen molar-refractivity contribution in [2.75, 3.05) is 14.1 Å². The topological polar surface area (TPSA) is 20.3 Å². The third kappa shape index (κ3) is 2.07. The molecule has 1 aliphatic carbocycles. The number of carbonyl (C=O) groups excluding carboxylic acids is 1. The zero-order valence-corrected chi connectivity index (χ0v) is 7.42. The number of allylic oxidation sites excluding steroid dienone is 1. The van der Waals surface area contributed by atoms with E-state index in [0.29, 0.717) is 0 Å². The number of rotatable bonds is 3. The fraction of sp³-hybridized carbons (Fsp3) is 0.667. The van der Waals surface area contributed by atoms with Gasteiger partial charge in [0.25, 0.3) is 0 Å². The fourth-order valence-electron chi connectivity index (χ4n) is 0.852. The lowest BCUT2D eigenvalue weighted by atomic mass is 10.0. The van der Waals surface area contributed by atoms with Gasteiger partial charge in [0.2, 0.25) is 0 Å². The summed E-state index contributed by atoms with van der Waals surface area (Å²) in [6.45, 7) is 2.02. The molecule has 11 heavy (non-hydrogen) atoms. The average Bonchev–Trinajstić information content (AvgIpc) is 2.64. The largest absolute Gasteiger partial charge is 0.383 e. The summed E-state index contributed by atoms with van der Waals surface area (Å²) in [5.41, 5.74) is -0.00743. The maximum absolute atomic E-state index is 11.3. The normalized spacial score (nSPS) is 20.3. The molecule has 0 radical (unpaired) electrons. The highest BCUT2D eigenvalue weighted by Crippen LogP contribution is 2.45. The number of hydrogen-bond donors (Lipinski definition) is 0. The molecule has 0 amide bonds. The molecular formula is C9H15NO. The van der Waals surface area contributed by atoms with Gasteiger partial charge in [-0.25, -0.2) is 0 Å². The van der Waals surface area contributed by atoms with E-state index in [2.05, 4.69) is 0 Å². The third-order valence-electron chi connectivity index (χ3n) is 2.12. The second kappa shape index (κ2) is 2.68. The fourth-order valence-corrected chi connectivity index (χ4v) is 0.852. The summed E-state index contributed by atoms with van der Waals surface area (Å²) in [7, 11) is 3.83. The van der Waals surface area contributed by atoms with E-state index in [9.17, 15) is 4.79 Å². The van der Waals surface area contributed by atoms with Crippen LogP contribution in [0.5, 0.6) is 0 Å². The van der Waals surface area contributed by atoms with Gasteiger partial charge in [-0.2, -0.15) is 0 Å². The minimum Gasteiger partial charge on any atom is -0.383 e. The van der Waals surface area contributed by atoms with Crippen molar-refractivity contribution in [2.45, 2.75) is 19.8 Å². The molecule has 0 aromatic heterocycles. The summed E-state index contributed by atoms with van der Waals surface area (Å²) in [6.07, 6.45) is 5.60. The average molecular weight is 153 g/mol. The standard InChI is InChI=1S/C9H15NO/c1-9(5-6-9)8(11)4-7-10(2)3/h4,7H,5-6H2,1-3H3. The summed E-state index contributed by atoms with van der Waals surface area (Å²) in [5.74, 6) is 0.270. The van der Waals surface area contributed by atoms with E-state index in [1.165, 1.54) is 0 Å². The van der Waals surface area contributed by atoms with Gasteiger partial charge in [-0.3, -0.25) is 4.79 Å². The first-order chi connectivity index (χ1) is 5.04. The second-order valence-corrected chi connectivity index (χ2v) is 3.70. The van der Waals surface area contributed by atoms with Gasteiger partial charge in [0, 0.05) is 25.7 Å². The predicted octanol–water partition coefficient (Wildman–Crippen LogP) is 1.43. The van der Waals surface area contributed by atoms with Crippen molar-refractivity contribution in [3.8, 4) is 0 Å². The molecule has 0 aromatic rings. The van der Waals surface area contributed by atoms with Crippen molar-refractivity contribution in [2.24, 2.45) is 5.41 Å². The lowest BCUT2D eigenvalue weighted by Crippen LogP contribution is -2.10. The molecule has 1 aliphatic rings. The highest BCUT2D eigenvalue weighted by Gasteiger charge is 2.43. The first-order valence-corrected chi connectivity index (χ1v) is 3.94. The predicted molar refractivity (Wildman–Crippen MR) is 45.2 cm³/mol. The van der Waals surface area contributed by atoms with E-state index in [4.69, 9.17) is 0 Å². The maximum atomic E-state index is 11.3. The number of ketones is 1. The van der Waals surface area contributed by atoms with Gasteiger partial charge in [-0.05, 0) is 18.9 Å². The zero-order chi connectivity index (χ0) is 8.48. The Labute approximate surface area is 67.9 Å². The molecule has 62 valence electrons. The van der Waals surface area contributed by atoms with Gasteiger partial charge < -0.3 is 4.90 Å². The molecular weight excluding hydrogens is 138 g/mol. The summed E-state index contributed by atoms with van der Waals surface area (Å²) >= 11 is 0. The van der Waals surface area contributed by atoms with Crippen LogP contribution < -0.4 is 0 Å². The van der Waals surface area contributed by atoms with Crippen LogP contribution in [0, 0.1) is 5.41 Å². The van der Waals surface area contributed by atoms with Crippen LogP contribution in [0.1, 0.15) is 19.8 Å². The Balaban J connectivity index is 2.44. The van der Waals surface area contributed by atoms with Crippen LogP contribution >= 0.6 is 0 Å². The van der Waals surface area contributed by atoms with Crippen LogP contribution in [-0.2, 0) is 4.79 Å². The van der Waals surface area contributed by atoms with E-state index in [1.54, 1.807) is 6.08 Å². The van der Waals surface area contributed by atoms with Gasteiger partial charge in [0.15, 0.2) is 5.78 Å². The molecule has 0 N–H and O–H groups in total. The molecule has 0 bridgehead atoms. The Bertz CT molecular complexity index is 190. The Morgan fingerprint density at radius 1 is 1.45 bits per heavy atom. The Morgan fingerprint density at radius 3 is 2.36 bits per heavy atom. The molecule has 2 heteroatoms. The Kier molecular flexibility index (Phi) is 2.03. The third-order valence-corrected chi connectivity index (χ3v) is 2.12. The SMILES string of the molecule is CN(C)C=CC(=O)C1(C)CC1. The highest BCUT2D eigenvalue weighted by atomic mass is 16.1. The monoisotopic (exact) mass is 153 g/mol. The van der Waals surface area contributed by atoms with Gasteiger partial charge in [-0.15, -0.1) is 0 Å². The molecule has 1 fully saturated rings. The van der Waals surface area contributed by atoms with Gasteiger partial charge >= 0.3 is 0 Å². The summed E-state index contributed by atoms with van der Waals surface area (Å²) < 4.78 is 0. The molecule has 0 aromatic carbocycles. The molecule has 0 atom stereocenters. The van der Waals surface area contributed by atoms with Crippen LogP contribution in [0.4, 0.5) is 0 Å². The van der Waals surface area contributed by atoms with Gasteiger partial charge in [0.05, 0.1) is 0 Å². The summed E-state index contributed by atoms with van der Waals surface area (Å²) in [5, 5.41) is 0. The van der Waals surface area contributed by atoms with Crippen molar-refractivity contribution in [3.05, 3.63) is 12.3 Å². The van der Waals surface area contributed by atoms with Crippen molar-refractivity contribution in [1.29, 1.82) is 0 Å². The quantitative estimate of drug-likeness (QED) is 0.572.